The van der Waals surface area contributed by atoms with Crippen LogP contribution in [0.15, 0.2) is 0 Å². The van der Waals surface area contributed by atoms with Crippen LogP contribution in [0.4, 0.5) is 0 Å². The van der Waals surface area contributed by atoms with Crippen LogP contribution in [0, 0.1) is 5.92 Å². The molecule has 1 heterocycles. The zero-order chi connectivity index (χ0) is 9.97. The smallest absolute Gasteiger partial charge is 0.219 e. The third-order valence-electron chi connectivity index (χ3n) is 3.33. The first kappa shape index (κ1) is 9.97. The summed E-state index contributed by atoms with van der Waals surface area (Å²) >= 11 is 0. The standard InChI is InChI=1S/C11H20N2O/c1-9(14)13-6-4-11(5-7-13)12-8-10-2-3-10/h10-12H,2-8H2,1H3. The van der Waals surface area contributed by atoms with Gasteiger partial charge in [-0.05, 0) is 38.1 Å². The minimum Gasteiger partial charge on any atom is -0.343 e. The highest BCUT2D eigenvalue weighted by Crippen LogP contribution is 2.28. The van der Waals surface area contributed by atoms with E-state index >= 15 is 0 Å². The fourth-order valence-electron chi connectivity index (χ4n) is 2.05. The number of carbonyl (C=O) groups excluding carboxylic acids is 1. The summed E-state index contributed by atoms with van der Waals surface area (Å²) in [4.78, 5) is 13.0. The van der Waals surface area contributed by atoms with Crippen LogP contribution in [0.25, 0.3) is 0 Å². The molecular formula is C11H20N2O. The van der Waals surface area contributed by atoms with E-state index in [0.29, 0.717) is 6.04 Å². The minimum atomic E-state index is 0.227. The molecule has 0 aromatic rings. The summed E-state index contributed by atoms with van der Waals surface area (Å²) < 4.78 is 0. The highest BCUT2D eigenvalue weighted by Gasteiger charge is 2.24. The quantitative estimate of drug-likeness (QED) is 0.730. The van der Waals surface area contributed by atoms with Crippen LogP contribution in [0.3, 0.4) is 0 Å². The van der Waals surface area contributed by atoms with Gasteiger partial charge < -0.3 is 10.2 Å². The third kappa shape index (κ3) is 2.71. The summed E-state index contributed by atoms with van der Waals surface area (Å²) in [5, 5.41) is 3.61. The lowest BCUT2D eigenvalue weighted by Crippen LogP contribution is -2.44. The van der Waals surface area contributed by atoms with Gasteiger partial charge in [0.2, 0.25) is 5.91 Å². The molecule has 0 radical (unpaired) electrons. The normalized spacial score (nSPS) is 23.9. The van der Waals surface area contributed by atoms with Crippen molar-refractivity contribution in [1.82, 2.24) is 10.2 Å². The first-order valence-electron chi connectivity index (χ1n) is 5.74. The first-order chi connectivity index (χ1) is 6.75. The zero-order valence-electron chi connectivity index (χ0n) is 8.96. The largest absolute Gasteiger partial charge is 0.343 e. The summed E-state index contributed by atoms with van der Waals surface area (Å²) in [5.41, 5.74) is 0. The van der Waals surface area contributed by atoms with Crippen molar-refractivity contribution in [3.63, 3.8) is 0 Å². The fourth-order valence-corrected chi connectivity index (χ4v) is 2.05. The molecular weight excluding hydrogens is 176 g/mol. The predicted octanol–water partition coefficient (Wildman–Crippen LogP) is 0.997. The van der Waals surface area contributed by atoms with Crippen LogP contribution in [0.5, 0.6) is 0 Å². The van der Waals surface area contributed by atoms with Crippen LogP contribution in [0.2, 0.25) is 0 Å². The van der Waals surface area contributed by atoms with Crippen molar-refractivity contribution in [2.24, 2.45) is 5.92 Å². The Morgan fingerprint density at radius 1 is 1.29 bits per heavy atom. The lowest BCUT2D eigenvalue weighted by Gasteiger charge is -2.31. The topological polar surface area (TPSA) is 32.3 Å². The molecule has 80 valence electrons. The van der Waals surface area contributed by atoms with Crippen molar-refractivity contribution in [2.45, 2.75) is 38.6 Å². The average Bonchev–Trinajstić information content (AvgIpc) is 2.99. The molecule has 3 heteroatoms. The Kier molecular flexibility index (Phi) is 3.06. The van der Waals surface area contributed by atoms with E-state index in [4.69, 9.17) is 0 Å². The average molecular weight is 196 g/mol. The Bertz CT molecular complexity index is 205. The van der Waals surface area contributed by atoms with Crippen LogP contribution in [-0.2, 0) is 4.79 Å². The molecule has 0 aromatic carbocycles. The Morgan fingerprint density at radius 3 is 2.43 bits per heavy atom. The second-order valence-electron chi connectivity index (χ2n) is 4.63. The van der Waals surface area contributed by atoms with Crippen LogP contribution >= 0.6 is 0 Å². The first-order valence-corrected chi connectivity index (χ1v) is 5.74. The molecule has 0 bridgehead atoms. The number of amides is 1. The highest BCUT2D eigenvalue weighted by atomic mass is 16.2. The Balaban J connectivity index is 1.64. The van der Waals surface area contributed by atoms with Gasteiger partial charge in [0.25, 0.3) is 0 Å². The summed E-state index contributed by atoms with van der Waals surface area (Å²) in [6, 6.07) is 0.659. The molecule has 0 unspecified atom stereocenters. The molecule has 1 saturated heterocycles. The van der Waals surface area contributed by atoms with Crippen LogP contribution in [-0.4, -0.2) is 36.5 Å². The molecule has 14 heavy (non-hydrogen) atoms. The molecule has 0 aromatic heterocycles. The van der Waals surface area contributed by atoms with Gasteiger partial charge in [-0.15, -0.1) is 0 Å². The number of carbonyl (C=O) groups is 1. The van der Waals surface area contributed by atoms with Gasteiger partial charge in [-0.3, -0.25) is 4.79 Å². The van der Waals surface area contributed by atoms with Crippen molar-refractivity contribution in [2.75, 3.05) is 19.6 Å². The molecule has 2 aliphatic rings. The maximum Gasteiger partial charge on any atom is 0.219 e. The predicted molar refractivity (Wildman–Crippen MR) is 56.0 cm³/mol. The number of hydrogen-bond donors (Lipinski definition) is 1. The lowest BCUT2D eigenvalue weighted by molar-refractivity contribution is -0.129. The third-order valence-corrected chi connectivity index (χ3v) is 3.33. The fraction of sp³-hybridized carbons (Fsp3) is 0.909. The van der Waals surface area contributed by atoms with Gasteiger partial charge >= 0.3 is 0 Å². The van der Waals surface area contributed by atoms with Gasteiger partial charge in [-0.2, -0.15) is 0 Å². The molecule has 0 atom stereocenters. The Labute approximate surface area is 85.8 Å². The van der Waals surface area contributed by atoms with E-state index in [0.717, 1.165) is 31.8 Å². The Hall–Kier alpha value is -0.570. The molecule has 0 spiro atoms. The molecule has 3 nitrogen and oxygen atoms in total. The van der Waals surface area contributed by atoms with Crippen molar-refractivity contribution in [3.05, 3.63) is 0 Å². The van der Waals surface area contributed by atoms with Gasteiger partial charge in [0, 0.05) is 26.1 Å². The molecule has 2 fully saturated rings. The Morgan fingerprint density at radius 2 is 1.93 bits per heavy atom. The number of hydrogen-bond acceptors (Lipinski definition) is 2. The number of piperidine rings is 1. The molecule has 1 aliphatic carbocycles. The number of nitrogens with zero attached hydrogens (tertiary/aromatic N) is 1. The van der Waals surface area contributed by atoms with Crippen LogP contribution in [0.1, 0.15) is 32.6 Å². The van der Waals surface area contributed by atoms with Crippen molar-refractivity contribution >= 4 is 5.91 Å². The van der Waals surface area contributed by atoms with Crippen molar-refractivity contribution in [3.8, 4) is 0 Å². The lowest BCUT2D eigenvalue weighted by atomic mass is 10.0. The van der Waals surface area contributed by atoms with E-state index in [1.54, 1.807) is 6.92 Å². The monoisotopic (exact) mass is 196 g/mol. The van der Waals surface area contributed by atoms with E-state index in [1.165, 1.54) is 19.4 Å². The van der Waals surface area contributed by atoms with E-state index in [-0.39, 0.29) is 5.91 Å². The molecule has 1 N–H and O–H groups in total. The summed E-state index contributed by atoms with van der Waals surface area (Å²) in [6.45, 7) is 4.75. The van der Waals surface area contributed by atoms with Crippen molar-refractivity contribution in [1.29, 1.82) is 0 Å². The highest BCUT2D eigenvalue weighted by molar-refractivity contribution is 5.73. The maximum absolute atomic E-state index is 11.1. The van der Waals surface area contributed by atoms with Gasteiger partial charge in [0.05, 0.1) is 0 Å². The van der Waals surface area contributed by atoms with Gasteiger partial charge in [-0.25, -0.2) is 0 Å². The second-order valence-corrected chi connectivity index (χ2v) is 4.63. The van der Waals surface area contributed by atoms with E-state index in [1.807, 2.05) is 4.90 Å². The SMILES string of the molecule is CC(=O)N1CCC(NCC2CC2)CC1. The second kappa shape index (κ2) is 4.30. The minimum absolute atomic E-state index is 0.227. The van der Waals surface area contributed by atoms with Crippen molar-refractivity contribution < 1.29 is 4.79 Å². The maximum atomic E-state index is 11.1. The molecule has 1 saturated carbocycles. The molecule has 2 rings (SSSR count). The summed E-state index contributed by atoms with van der Waals surface area (Å²) in [5.74, 6) is 1.19. The van der Waals surface area contributed by atoms with E-state index in [2.05, 4.69) is 5.32 Å². The van der Waals surface area contributed by atoms with E-state index in [9.17, 15) is 4.79 Å². The van der Waals surface area contributed by atoms with Gasteiger partial charge in [0.1, 0.15) is 0 Å². The zero-order valence-corrected chi connectivity index (χ0v) is 8.96. The van der Waals surface area contributed by atoms with Crippen LogP contribution < -0.4 is 5.32 Å². The number of likely N-dealkylation sites (tertiary alicyclic amines) is 1. The molecule has 1 aliphatic heterocycles. The number of rotatable bonds is 3. The van der Waals surface area contributed by atoms with Gasteiger partial charge in [0.15, 0.2) is 0 Å². The van der Waals surface area contributed by atoms with Gasteiger partial charge in [-0.1, -0.05) is 0 Å². The van der Waals surface area contributed by atoms with E-state index < -0.39 is 0 Å². The molecule has 1 amide bonds. The summed E-state index contributed by atoms with van der Waals surface area (Å²) in [7, 11) is 0. The number of nitrogens with one attached hydrogen (secondary N) is 1. The summed E-state index contributed by atoms with van der Waals surface area (Å²) in [6.07, 6.45) is 5.09.